The van der Waals surface area contributed by atoms with Gasteiger partial charge in [-0.1, -0.05) is 29.8 Å². The minimum Gasteiger partial charge on any atom is -0.479 e. The first-order valence-electron chi connectivity index (χ1n) is 8.56. The molecule has 0 aliphatic heterocycles. The van der Waals surface area contributed by atoms with Crippen LogP contribution >= 0.6 is 11.6 Å². The monoisotopic (exact) mass is 403 g/mol. The molecule has 3 aromatic rings. The highest BCUT2D eigenvalue weighted by molar-refractivity contribution is 6.32. The van der Waals surface area contributed by atoms with Crippen LogP contribution in [0, 0.1) is 12.7 Å². The van der Waals surface area contributed by atoms with Crippen molar-refractivity contribution in [3.63, 3.8) is 0 Å². The van der Waals surface area contributed by atoms with Gasteiger partial charge in [0.25, 0.3) is 11.5 Å². The molecule has 1 N–H and O–H groups in total. The molecule has 1 heterocycles. The molecule has 0 saturated heterocycles. The number of para-hydroxylation sites is 1. The van der Waals surface area contributed by atoms with Gasteiger partial charge in [0.15, 0.2) is 6.10 Å². The molecule has 1 amide bonds. The number of carbonyl (C=O) groups excluding carboxylic acids is 1. The Labute approximate surface area is 166 Å². The lowest BCUT2D eigenvalue weighted by molar-refractivity contribution is -0.122. The van der Waals surface area contributed by atoms with Crippen LogP contribution in [0.4, 0.5) is 10.1 Å². The molecular weight excluding hydrogens is 385 g/mol. The topological polar surface area (TPSA) is 65.3 Å². The Morgan fingerprint density at radius 1 is 1.21 bits per heavy atom. The zero-order valence-electron chi connectivity index (χ0n) is 15.6. The molecule has 0 aliphatic carbocycles. The van der Waals surface area contributed by atoms with Gasteiger partial charge in [0.1, 0.15) is 17.3 Å². The van der Waals surface area contributed by atoms with Crippen LogP contribution in [-0.4, -0.2) is 21.4 Å². The van der Waals surface area contributed by atoms with Crippen LogP contribution in [0.5, 0.6) is 5.75 Å². The number of aromatic nitrogens is 2. The lowest BCUT2D eigenvalue weighted by Crippen LogP contribution is -2.32. The Kier molecular flexibility index (Phi) is 5.56. The zero-order chi connectivity index (χ0) is 20.4. The van der Waals surface area contributed by atoms with Gasteiger partial charge in [-0.2, -0.15) is 0 Å². The van der Waals surface area contributed by atoms with Crippen LogP contribution in [0.15, 0.2) is 53.3 Å². The minimum atomic E-state index is -0.952. The third-order valence-electron chi connectivity index (χ3n) is 4.37. The summed E-state index contributed by atoms with van der Waals surface area (Å²) in [4.78, 5) is 25.4. The van der Waals surface area contributed by atoms with E-state index in [1.807, 2.05) is 18.2 Å². The number of nitrogens with one attached hydrogen (secondary N) is 1. The largest absolute Gasteiger partial charge is 0.479 e. The lowest BCUT2D eigenvalue weighted by Gasteiger charge is -2.15. The third kappa shape index (κ3) is 3.80. The van der Waals surface area contributed by atoms with Crippen molar-refractivity contribution in [1.82, 2.24) is 9.36 Å². The van der Waals surface area contributed by atoms with Crippen molar-refractivity contribution >= 4 is 23.2 Å². The van der Waals surface area contributed by atoms with E-state index in [-0.39, 0.29) is 22.0 Å². The van der Waals surface area contributed by atoms with Gasteiger partial charge in [-0.25, -0.2) is 9.07 Å². The quantitative estimate of drug-likeness (QED) is 0.706. The van der Waals surface area contributed by atoms with Crippen LogP contribution < -0.4 is 15.6 Å². The van der Waals surface area contributed by atoms with Crippen LogP contribution in [-0.2, 0) is 11.8 Å². The smallest absolute Gasteiger partial charge is 0.295 e. The highest BCUT2D eigenvalue weighted by atomic mass is 35.5. The number of amides is 1. The van der Waals surface area contributed by atoms with E-state index in [1.165, 1.54) is 23.7 Å². The summed E-state index contributed by atoms with van der Waals surface area (Å²) < 4.78 is 21.8. The first kappa shape index (κ1) is 19.7. The van der Waals surface area contributed by atoms with Crippen molar-refractivity contribution in [2.75, 3.05) is 5.32 Å². The van der Waals surface area contributed by atoms with E-state index >= 15 is 0 Å². The number of halogens is 2. The summed E-state index contributed by atoms with van der Waals surface area (Å²) in [6.07, 6.45) is -0.952. The molecule has 1 atom stereocenters. The van der Waals surface area contributed by atoms with Crippen molar-refractivity contribution in [2.24, 2.45) is 7.05 Å². The fraction of sp³-hybridized carbons (Fsp3) is 0.200. The maximum absolute atomic E-state index is 13.1. The van der Waals surface area contributed by atoms with E-state index in [1.54, 1.807) is 30.8 Å². The number of rotatable bonds is 5. The number of carbonyl (C=O) groups is 1. The predicted octanol–water partition coefficient (Wildman–Crippen LogP) is 3.68. The molecule has 6 nitrogen and oxygen atoms in total. The van der Waals surface area contributed by atoms with E-state index in [9.17, 15) is 14.0 Å². The number of benzene rings is 2. The Morgan fingerprint density at radius 3 is 2.54 bits per heavy atom. The van der Waals surface area contributed by atoms with Crippen LogP contribution in [0.25, 0.3) is 5.69 Å². The second-order valence-corrected chi connectivity index (χ2v) is 6.67. The van der Waals surface area contributed by atoms with Gasteiger partial charge in [-0.15, -0.1) is 0 Å². The zero-order valence-corrected chi connectivity index (χ0v) is 16.3. The van der Waals surface area contributed by atoms with Gasteiger partial charge in [-0.05, 0) is 44.2 Å². The normalized spacial score (nSPS) is 11.9. The Hall–Kier alpha value is -3.06. The third-order valence-corrected chi connectivity index (χ3v) is 4.66. The molecule has 0 radical (unpaired) electrons. The summed E-state index contributed by atoms with van der Waals surface area (Å²) in [5.74, 6) is -0.848. The fourth-order valence-electron chi connectivity index (χ4n) is 2.75. The summed E-state index contributed by atoms with van der Waals surface area (Å²) in [7, 11) is 1.73. The van der Waals surface area contributed by atoms with Crippen molar-refractivity contribution in [2.45, 2.75) is 20.0 Å². The number of ether oxygens (including phenoxy) is 1. The van der Waals surface area contributed by atoms with Crippen molar-refractivity contribution < 1.29 is 13.9 Å². The molecule has 146 valence electrons. The van der Waals surface area contributed by atoms with Gasteiger partial charge >= 0.3 is 0 Å². The van der Waals surface area contributed by atoms with Crippen molar-refractivity contribution in [1.29, 1.82) is 0 Å². The molecule has 0 fully saturated rings. The number of nitrogens with zero attached hydrogens (tertiary/aromatic N) is 2. The molecule has 3 rings (SSSR count). The van der Waals surface area contributed by atoms with Crippen LogP contribution in [0.1, 0.15) is 12.6 Å². The van der Waals surface area contributed by atoms with Crippen molar-refractivity contribution in [3.8, 4) is 11.4 Å². The van der Waals surface area contributed by atoms with Gasteiger partial charge in [0.05, 0.1) is 16.4 Å². The molecule has 0 saturated carbocycles. The van der Waals surface area contributed by atoms with Gasteiger partial charge in [-0.3, -0.25) is 14.3 Å². The molecule has 0 bridgehead atoms. The highest BCUT2D eigenvalue weighted by Crippen LogP contribution is 2.26. The predicted molar refractivity (Wildman–Crippen MR) is 106 cm³/mol. The molecule has 8 heteroatoms. The molecule has 2 aromatic carbocycles. The summed E-state index contributed by atoms with van der Waals surface area (Å²) in [5, 5.41) is 2.68. The van der Waals surface area contributed by atoms with Gasteiger partial charge in [0, 0.05) is 7.05 Å². The SMILES string of the molecule is Cc1c(NC(=O)C(C)Oc2ccc(F)cc2Cl)c(=O)n(-c2ccccc2)n1C. The standard InChI is InChI=1S/C20H19ClFN3O3/c1-12-18(20(27)25(24(12)3)15-7-5-4-6-8-15)23-19(26)13(2)28-17-10-9-14(22)11-16(17)21/h4-11,13H,1-3H3,(H,23,26). The Morgan fingerprint density at radius 2 is 1.89 bits per heavy atom. The highest BCUT2D eigenvalue weighted by Gasteiger charge is 2.22. The number of anilines is 1. The molecular formula is C20H19ClFN3O3. The molecule has 0 aliphatic rings. The van der Waals surface area contributed by atoms with E-state index < -0.39 is 17.8 Å². The first-order chi connectivity index (χ1) is 13.3. The van der Waals surface area contributed by atoms with Crippen molar-refractivity contribution in [3.05, 3.63) is 75.4 Å². The van der Waals surface area contributed by atoms with Gasteiger partial charge < -0.3 is 10.1 Å². The van der Waals surface area contributed by atoms with E-state index in [4.69, 9.17) is 16.3 Å². The maximum Gasteiger partial charge on any atom is 0.295 e. The summed E-state index contributed by atoms with van der Waals surface area (Å²) in [5.41, 5.74) is 1.08. The number of hydrogen-bond donors (Lipinski definition) is 1. The Balaban J connectivity index is 1.83. The molecule has 28 heavy (non-hydrogen) atoms. The fourth-order valence-corrected chi connectivity index (χ4v) is 2.96. The average Bonchev–Trinajstić information content (AvgIpc) is 2.88. The van der Waals surface area contributed by atoms with Crippen LogP contribution in [0.2, 0.25) is 5.02 Å². The summed E-state index contributed by atoms with van der Waals surface area (Å²) in [6.45, 7) is 3.25. The second kappa shape index (κ2) is 7.90. The second-order valence-electron chi connectivity index (χ2n) is 6.26. The number of hydrogen-bond acceptors (Lipinski definition) is 3. The van der Waals surface area contributed by atoms with Crippen LogP contribution in [0.3, 0.4) is 0 Å². The van der Waals surface area contributed by atoms with Gasteiger partial charge in [0.2, 0.25) is 0 Å². The van der Waals surface area contributed by atoms with E-state index in [2.05, 4.69) is 5.32 Å². The lowest BCUT2D eigenvalue weighted by atomic mass is 10.3. The molecule has 1 aromatic heterocycles. The summed E-state index contributed by atoms with van der Waals surface area (Å²) in [6, 6.07) is 12.7. The Bertz CT molecular complexity index is 1080. The molecule has 0 spiro atoms. The van der Waals surface area contributed by atoms with E-state index in [0.29, 0.717) is 11.4 Å². The van der Waals surface area contributed by atoms with E-state index in [0.717, 1.165) is 6.07 Å². The maximum atomic E-state index is 13.1. The summed E-state index contributed by atoms with van der Waals surface area (Å²) >= 11 is 5.93. The first-order valence-corrected chi connectivity index (χ1v) is 8.94. The molecule has 1 unspecified atom stereocenters. The average molecular weight is 404 g/mol. The minimum absolute atomic E-state index is 0.0574.